The van der Waals surface area contributed by atoms with Gasteiger partial charge < -0.3 is 14.5 Å². The number of ether oxygens (including phenoxy) is 1. The monoisotopic (exact) mass is 357 g/mol. The molecule has 2 heterocycles. The molecule has 4 rings (SSSR count). The molecular weight excluding hydrogens is 338 g/mol. The lowest BCUT2D eigenvalue weighted by atomic mass is 10.1. The van der Waals surface area contributed by atoms with Crippen molar-refractivity contribution in [2.75, 3.05) is 12.4 Å². The Hall–Kier alpha value is -3.60. The largest absolute Gasteiger partial charge is 0.497 e. The number of carbonyl (C=O) groups excluding carboxylic acids is 1. The van der Waals surface area contributed by atoms with E-state index in [1.165, 1.54) is 5.56 Å². The highest BCUT2D eigenvalue weighted by Crippen LogP contribution is 2.23. The third-order valence-electron chi connectivity index (χ3n) is 4.38. The maximum atomic E-state index is 12.5. The minimum Gasteiger partial charge on any atom is -0.497 e. The normalized spacial score (nSPS) is 10.7. The molecule has 0 atom stereocenters. The van der Waals surface area contributed by atoms with Crippen LogP contribution in [0, 0.1) is 6.92 Å². The summed E-state index contributed by atoms with van der Waals surface area (Å²) in [6.07, 6.45) is 3.98. The molecule has 27 heavy (non-hydrogen) atoms. The molecule has 0 aliphatic rings. The molecule has 0 unspecified atom stereocenters. The zero-order valence-corrected chi connectivity index (χ0v) is 15.1. The third kappa shape index (κ3) is 3.53. The number of imidazole rings is 1. The molecule has 4 aromatic rings. The van der Waals surface area contributed by atoms with E-state index in [1.54, 1.807) is 31.4 Å². The molecular formula is C22H19N3O2. The van der Waals surface area contributed by atoms with Gasteiger partial charge in [-0.15, -0.1) is 0 Å². The highest BCUT2D eigenvalue weighted by Gasteiger charge is 2.09. The Kier molecular flexibility index (Phi) is 4.34. The van der Waals surface area contributed by atoms with E-state index in [4.69, 9.17) is 4.74 Å². The number of methoxy groups -OCH3 is 1. The number of hydrogen-bond donors (Lipinski definition) is 1. The molecule has 134 valence electrons. The molecule has 0 fully saturated rings. The fourth-order valence-electron chi connectivity index (χ4n) is 2.92. The number of amides is 1. The summed E-state index contributed by atoms with van der Waals surface area (Å²) < 4.78 is 7.11. The van der Waals surface area contributed by atoms with Gasteiger partial charge in [0.05, 0.1) is 12.8 Å². The molecule has 0 aliphatic carbocycles. The second-order valence-electron chi connectivity index (χ2n) is 6.36. The number of nitrogens with one attached hydrogen (secondary N) is 1. The number of anilines is 1. The molecule has 0 radical (unpaired) electrons. The first-order valence-corrected chi connectivity index (χ1v) is 8.63. The van der Waals surface area contributed by atoms with Crippen molar-refractivity contribution in [1.82, 2.24) is 9.38 Å². The van der Waals surface area contributed by atoms with E-state index >= 15 is 0 Å². The predicted molar refractivity (Wildman–Crippen MR) is 106 cm³/mol. The van der Waals surface area contributed by atoms with E-state index in [-0.39, 0.29) is 5.91 Å². The van der Waals surface area contributed by atoms with Gasteiger partial charge in [-0.3, -0.25) is 4.79 Å². The molecule has 0 saturated carbocycles. The average molecular weight is 357 g/mol. The fraction of sp³-hybridized carbons (Fsp3) is 0.0909. The molecule has 5 heteroatoms. The smallest absolute Gasteiger partial charge is 0.255 e. The molecule has 5 nitrogen and oxygen atoms in total. The Morgan fingerprint density at radius 1 is 1.07 bits per heavy atom. The van der Waals surface area contributed by atoms with E-state index in [9.17, 15) is 4.79 Å². The molecule has 1 N–H and O–H groups in total. The van der Waals surface area contributed by atoms with Gasteiger partial charge in [0.2, 0.25) is 0 Å². The third-order valence-corrected chi connectivity index (χ3v) is 4.38. The van der Waals surface area contributed by atoms with Gasteiger partial charge in [0.1, 0.15) is 11.4 Å². The van der Waals surface area contributed by atoms with Crippen molar-refractivity contribution in [2.24, 2.45) is 0 Å². The lowest BCUT2D eigenvalue weighted by Crippen LogP contribution is -2.11. The number of aryl methyl sites for hydroxylation is 1. The number of nitrogens with zero attached hydrogens (tertiary/aromatic N) is 2. The predicted octanol–water partition coefficient (Wildman–Crippen LogP) is 4.57. The van der Waals surface area contributed by atoms with Crippen LogP contribution < -0.4 is 10.1 Å². The highest BCUT2D eigenvalue weighted by atomic mass is 16.5. The van der Waals surface area contributed by atoms with Gasteiger partial charge in [-0.25, -0.2) is 4.98 Å². The number of rotatable bonds is 4. The number of benzene rings is 2. The summed E-state index contributed by atoms with van der Waals surface area (Å²) in [5.74, 6) is 0.552. The second kappa shape index (κ2) is 6.96. The summed E-state index contributed by atoms with van der Waals surface area (Å²) >= 11 is 0. The van der Waals surface area contributed by atoms with Crippen LogP contribution in [0.15, 0.2) is 73.1 Å². The SMILES string of the molecule is COc1ccc(C(=O)Nc2cccc(-c3cn4ccc(C)cc4n3)c2)cc1. The van der Waals surface area contributed by atoms with Crippen LogP contribution in [0.3, 0.4) is 0 Å². The zero-order chi connectivity index (χ0) is 18.8. The Balaban J connectivity index is 1.58. The van der Waals surface area contributed by atoms with Crippen LogP contribution >= 0.6 is 0 Å². The molecule has 2 aromatic heterocycles. The lowest BCUT2D eigenvalue weighted by molar-refractivity contribution is 0.102. The first kappa shape index (κ1) is 16.8. The summed E-state index contributed by atoms with van der Waals surface area (Å²) in [7, 11) is 1.60. The summed E-state index contributed by atoms with van der Waals surface area (Å²) in [4.78, 5) is 17.1. The summed E-state index contributed by atoms with van der Waals surface area (Å²) in [5, 5.41) is 2.93. The minimum absolute atomic E-state index is 0.166. The van der Waals surface area contributed by atoms with Gasteiger partial charge in [-0.1, -0.05) is 12.1 Å². The van der Waals surface area contributed by atoms with Gasteiger partial charge in [0.15, 0.2) is 0 Å². The minimum atomic E-state index is -0.166. The van der Waals surface area contributed by atoms with Crippen LogP contribution in [0.1, 0.15) is 15.9 Å². The number of hydrogen-bond acceptors (Lipinski definition) is 3. The van der Waals surface area contributed by atoms with Crippen LogP contribution in [0.25, 0.3) is 16.9 Å². The van der Waals surface area contributed by atoms with E-state index in [0.717, 1.165) is 28.3 Å². The van der Waals surface area contributed by atoms with Crippen molar-refractivity contribution >= 4 is 17.2 Å². The molecule has 0 bridgehead atoms. The summed E-state index contributed by atoms with van der Waals surface area (Å²) in [6.45, 7) is 2.05. The Labute approximate surface area is 157 Å². The maximum Gasteiger partial charge on any atom is 0.255 e. The maximum absolute atomic E-state index is 12.5. The number of aromatic nitrogens is 2. The average Bonchev–Trinajstić information content (AvgIpc) is 3.11. The van der Waals surface area contributed by atoms with Crippen LogP contribution in [0.5, 0.6) is 5.75 Å². The fourth-order valence-corrected chi connectivity index (χ4v) is 2.92. The summed E-state index contributed by atoms with van der Waals surface area (Å²) in [5.41, 5.74) is 5.17. The molecule has 0 aliphatic heterocycles. The van der Waals surface area contributed by atoms with Gasteiger partial charge in [0, 0.05) is 29.2 Å². The highest BCUT2D eigenvalue weighted by molar-refractivity contribution is 6.04. The van der Waals surface area contributed by atoms with Gasteiger partial charge in [-0.2, -0.15) is 0 Å². The molecule has 0 spiro atoms. The van der Waals surface area contributed by atoms with Crippen molar-refractivity contribution < 1.29 is 9.53 Å². The van der Waals surface area contributed by atoms with Gasteiger partial charge >= 0.3 is 0 Å². The Bertz CT molecular complexity index is 1110. The van der Waals surface area contributed by atoms with Crippen LogP contribution in [0.2, 0.25) is 0 Å². The number of carbonyl (C=O) groups is 1. The molecule has 0 saturated heterocycles. The van der Waals surface area contributed by atoms with Crippen molar-refractivity contribution in [2.45, 2.75) is 6.92 Å². The van der Waals surface area contributed by atoms with Crippen molar-refractivity contribution in [3.8, 4) is 17.0 Å². The molecule has 2 aromatic carbocycles. The lowest BCUT2D eigenvalue weighted by Gasteiger charge is -2.07. The van der Waals surface area contributed by atoms with E-state index in [0.29, 0.717) is 5.56 Å². The molecule has 1 amide bonds. The van der Waals surface area contributed by atoms with Crippen LogP contribution in [0.4, 0.5) is 5.69 Å². The number of pyridine rings is 1. The van der Waals surface area contributed by atoms with Gasteiger partial charge in [0.25, 0.3) is 5.91 Å². The van der Waals surface area contributed by atoms with Crippen LogP contribution in [-0.2, 0) is 0 Å². The zero-order valence-electron chi connectivity index (χ0n) is 15.1. The Morgan fingerprint density at radius 3 is 2.67 bits per heavy atom. The first-order valence-electron chi connectivity index (χ1n) is 8.63. The Morgan fingerprint density at radius 2 is 1.89 bits per heavy atom. The van der Waals surface area contributed by atoms with E-state index in [1.807, 2.05) is 60.1 Å². The van der Waals surface area contributed by atoms with E-state index < -0.39 is 0 Å². The van der Waals surface area contributed by atoms with Crippen molar-refractivity contribution in [3.63, 3.8) is 0 Å². The summed E-state index contributed by atoms with van der Waals surface area (Å²) in [6, 6.07) is 18.8. The quantitative estimate of drug-likeness (QED) is 0.582. The van der Waals surface area contributed by atoms with Crippen LogP contribution in [-0.4, -0.2) is 22.4 Å². The van der Waals surface area contributed by atoms with Crippen molar-refractivity contribution in [3.05, 3.63) is 84.2 Å². The van der Waals surface area contributed by atoms with Crippen molar-refractivity contribution in [1.29, 1.82) is 0 Å². The number of fused-ring (bicyclic) bond motifs is 1. The first-order chi connectivity index (χ1) is 13.1. The topological polar surface area (TPSA) is 55.6 Å². The standard InChI is InChI=1S/C22H19N3O2/c1-15-10-11-25-14-20(24-21(25)12-15)17-4-3-5-18(13-17)23-22(26)16-6-8-19(27-2)9-7-16/h3-14H,1-2H3,(H,23,26). The van der Waals surface area contributed by atoms with E-state index in [2.05, 4.69) is 10.3 Å². The van der Waals surface area contributed by atoms with Gasteiger partial charge in [-0.05, 0) is 61.0 Å². The second-order valence-corrected chi connectivity index (χ2v) is 6.36.